The number of amides is 2. The van der Waals surface area contributed by atoms with Crippen molar-refractivity contribution in [3.8, 4) is 0 Å². The SMILES string of the molecule is COC(=O)[C@@H](CCNC(=O)OC(C)(C)C)OC.COC(=O)[C@H](O)CCNC(=O)OC(C)(C)C. The summed E-state index contributed by atoms with van der Waals surface area (Å²) >= 11 is 0. The van der Waals surface area contributed by atoms with E-state index in [2.05, 4.69) is 20.1 Å². The number of rotatable bonds is 9. The van der Waals surface area contributed by atoms with Crippen LogP contribution in [0.4, 0.5) is 9.59 Å². The van der Waals surface area contributed by atoms with Crippen molar-refractivity contribution < 1.29 is 48.0 Å². The topological polar surface area (TPSA) is 159 Å². The lowest BCUT2D eigenvalue weighted by Crippen LogP contribution is -2.35. The highest BCUT2D eigenvalue weighted by Gasteiger charge is 2.20. The van der Waals surface area contributed by atoms with Gasteiger partial charge in [0.1, 0.15) is 11.2 Å². The summed E-state index contributed by atoms with van der Waals surface area (Å²) in [5.74, 6) is -1.18. The molecule has 0 rings (SSSR count). The van der Waals surface area contributed by atoms with Crippen molar-refractivity contribution in [2.75, 3.05) is 34.4 Å². The molecule has 0 aromatic rings. The van der Waals surface area contributed by atoms with Gasteiger partial charge in [-0.15, -0.1) is 0 Å². The molecule has 0 aliphatic rings. The Balaban J connectivity index is 0. The van der Waals surface area contributed by atoms with Crippen LogP contribution in [0.3, 0.4) is 0 Å². The second-order valence-electron chi connectivity index (χ2n) is 8.72. The molecule has 12 nitrogen and oxygen atoms in total. The molecule has 0 saturated carbocycles. The van der Waals surface area contributed by atoms with E-state index in [1.54, 1.807) is 41.5 Å². The zero-order valence-corrected chi connectivity index (χ0v) is 21.1. The van der Waals surface area contributed by atoms with Gasteiger partial charge in [0.25, 0.3) is 0 Å². The molecule has 0 unspecified atom stereocenters. The summed E-state index contributed by atoms with van der Waals surface area (Å²) in [6.45, 7) is 11.0. The Hall–Kier alpha value is -2.60. The first-order chi connectivity index (χ1) is 15.1. The number of nitrogens with one attached hydrogen (secondary N) is 2. The lowest BCUT2D eigenvalue weighted by Gasteiger charge is -2.20. The van der Waals surface area contributed by atoms with Gasteiger partial charge in [-0.3, -0.25) is 0 Å². The first-order valence-electron chi connectivity index (χ1n) is 10.4. The minimum absolute atomic E-state index is 0.0892. The van der Waals surface area contributed by atoms with Crippen molar-refractivity contribution in [2.45, 2.75) is 77.8 Å². The van der Waals surface area contributed by atoms with E-state index in [9.17, 15) is 24.3 Å². The summed E-state index contributed by atoms with van der Waals surface area (Å²) in [5.41, 5.74) is -1.10. The Morgan fingerprint density at radius 2 is 1.12 bits per heavy atom. The molecule has 0 radical (unpaired) electrons. The average molecular weight is 481 g/mol. The molecule has 0 aliphatic carbocycles. The van der Waals surface area contributed by atoms with Crippen molar-refractivity contribution in [3.63, 3.8) is 0 Å². The zero-order chi connectivity index (χ0) is 26.2. The van der Waals surface area contributed by atoms with E-state index in [4.69, 9.17) is 14.2 Å². The molecular formula is C21H40N2O10. The molecule has 0 fully saturated rings. The average Bonchev–Trinajstić information content (AvgIpc) is 2.67. The molecule has 0 bridgehead atoms. The summed E-state index contributed by atoms with van der Waals surface area (Å²) in [5, 5.41) is 14.2. The van der Waals surface area contributed by atoms with Gasteiger partial charge in [0.05, 0.1) is 14.2 Å². The number of esters is 2. The van der Waals surface area contributed by atoms with Gasteiger partial charge in [-0.05, 0) is 41.5 Å². The minimum atomic E-state index is -1.22. The van der Waals surface area contributed by atoms with E-state index >= 15 is 0 Å². The van der Waals surface area contributed by atoms with Crippen molar-refractivity contribution in [2.24, 2.45) is 0 Å². The molecule has 0 aliphatic heterocycles. The number of aliphatic hydroxyl groups excluding tert-OH is 1. The number of hydrogen-bond acceptors (Lipinski definition) is 10. The van der Waals surface area contributed by atoms with Crippen LogP contribution in [0.2, 0.25) is 0 Å². The molecule has 0 saturated heterocycles. The molecule has 3 N–H and O–H groups in total. The molecule has 2 amide bonds. The summed E-state index contributed by atoms with van der Waals surface area (Å²) < 4.78 is 23.8. The molecule has 194 valence electrons. The third-order valence-corrected chi connectivity index (χ3v) is 3.38. The molecule has 33 heavy (non-hydrogen) atoms. The van der Waals surface area contributed by atoms with Crippen LogP contribution >= 0.6 is 0 Å². The van der Waals surface area contributed by atoms with Crippen LogP contribution in [0, 0.1) is 0 Å². The maximum absolute atomic E-state index is 11.3. The fraction of sp³-hybridized carbons (Fsp3) is 0.810. The molecule has 2 atom stereocenters. The maximum Gasteiger partial charge on any atom is 0.407 e. The van der Waals surface area contributed by atoms with E-state index in [-0.39, 0.29) is 19.5 Å². The first-order valence-corrected chi connectivity index (χ1v) is 10.4. The van der Waals surface area contributed by atoms with Crippen LogP contribution in [0.1, 0.15) is 54.4 Å². The second kappa shape index (κ2) is 16.1. The van der Waals surface area contributed by atoms with Crippen LogP contribution in [0.25, 0.3) is 0 Å². The van der Waals surface area contributed by atoms with Crippen molar-refractivity contribution in [1.82, 2.24) is 10.6 Å². The summed E-state index contributed by atoms with van der Waals surface area (Å²) in [6, 6.07) is 0. The van der Waals surface area contributed by atoms with Gasteiger partial charge in [0.2, 0.25) is 0 Å². The van der Waals surface area contributed by atoms with Gasteiger partial charge in [-0.25, -0.2) is 19.2 Å². The number of ether oxygens (including phenoxy) is 5. The molecule has 0 heterocycles. The van der Waals surface area contributed by atoms with Crippen LogP contribution in [-0.4, -0.2) is 87.1 Å². The van der Waals surface area contributed by atoms with E-state index in [0.29, 0.717) is 6.42 Å². The zero-order valence-electron chi connectivity index (χ0n) is 21.1. The highest BCUT2D eigenvalue weighted by atomic mass is 16.6. The Bertz CT molecular complexity index is 611. The highest BCUT2D eigenvalue weighted by Crippen LogP contribution is 2.07. The lowest BCUT2D eigenvalue weighted by molar-refractivity contribution is -0.152. The van der Waals surface area contributed by atoms with Gasteiger partial charge in [0.15, 0.2) is 12.2 Å². The molecular weight excluding hydrogens is 440 g/mol. The number of hydrogen-bond donors (Lipinski definition) is 3. The van der Waals surface area contributed by atoms with Gasteiger partial charge < -0.3 is 39.4 Å². The van der Waals surface area contributed by atoms with Crippen molar-refractivity contribution >= 4 is 24.1 Å². The van der Waals surface area contributed by atoms with Crippen LogP contribution in [0.5, 0.6) is 0 Å². The summed E-state index contributed by atoms with van der Waals surface area (Å²) in [7, 11) is 3.89. The van der Waals surface area contributed by atoms with Crippen LogP contribution < -0.4 is 10.6 Å². The summed E-state index contributed by atoms with van der Waals surface area (Å²) in [6.07, 6.45) is -2.56. The largest absolute Gasteiger partial charge is 0.467 e. The van der Waals surface area contributed by atoms with Gasteiger partial charge >= 0.3 is 24.1 Å². The van der Waals surface area contributed by atoms with Gasteiger partial charge in [-0.2, -0.15) is 0 Å². The highest BCUT2D eigenvalue weighted by molar-refractivity contribution is 5.75. The van der Waals surface area contributed by atoms with Crippen molar-refractivity contribution in [1.29, 1.82) is 0 Å². The third-order valence-electron chi connectivity index (χ3n) is 3.38. The maximum atomic E-state index is 11.3. The lowest BCUT2D eigenvalue weighted by atomic mass is 10.2. The fourth-order valence-electron chi connectivity index (χ4n) is 1.96. The summed E-state index contributed by atoms with van der Waals surface area (Å²) in [4.78, 5) is 44.4. The standard InChI is InChI=1S/C11H21NO5.C10H19NO5/c1-11(2,3)17-10(14)12-7-6-8(15-4)9(13)16-5;1-10(2,3)16-9(14)11-6-5-7(12)8(13)15-4/h8H,6-7H2,1-5H3,(H,12,14);7,12H,5-6H2,1-4H3,(H,11,14)/t8-;7-/m11/s1. The number of alkyl carbamates (subject to hydrolysis) is 2. The first kappa shape index (κ1) is 32.6. The number of aliphatic hydroxyl groups is 1. The Morgan fingerprint density at radius 1 is 0.727 bits per heavy atom. The molecule has 0 spiro atoms. The monoisotopic (exact) mass is 480 g/mol. The Morgan fingerprint density at radius 3 is 1.45 bits per heavy atom. The molecule has 12 heteroatoms. The van der Waals surface area contributed by atoms with E-state index in [0.717, 1.165) is 0 Å². The minimum Gasteiger partial charge on any atom is -0.467 e. The van der Waals surface area contributed by atoms with E-state index < -0.39 is 47.5 Å². The van der Waals surface area contributed by atoms with Crippen molar-refractivity contribution in [3.05, 3.63) is 0 Å². The van der Waals surface area contributed by atoms with Crippen LogP contribution in [-0.2, 0) is 33.3 Å². The number of carbonyl (C=O) groups excluding carboxylic acids is 4. The van der Waals surface area contributed by atoms with Gasteiger partial charge in [0, 0.05) is 33.0 Å². The quantitative estimate of drug-likeness (QED) is 0.326. The third kappa shape index (κ3) is 19.8. The van der Waals surface area contributed by atoms with E-state index in [1.807, 2.05) is 0 Å². The normalized spacial score (nSPS) is 12.8. The predicted molar refractivity (Wildman–Crippen MR) is 119 cm³/mol. The molecule has 0 aromatic carbocycles. The molecule has 0 aromatic heterocycles. The van der Waals surface area contributed by atoms with Gasteiger partial charge in [-0.1, -0.05) is 0 Å². The number of methoxy groups -OCH3 is 3. The smallest absolute Gasteiger partial charge is 0.407 e. The predicted octanol–water partition coefficient (Wildman–Crippen LogP) is 1.52. The number of carbonyl (C=O) groups is 4. The second-order valence-corrected chi connectivity index (χ2v) is 8.72. The Kier molecular flexibility index (Phi) is 15.9. The van der Waals surface area contributed by atoms with E-state index in [1.165, 1.54) is 21.3 Å². The fourth-order valence-corrected chi connectivity index (χ4v) is 1.96. The van der Waals surface area contributed by atoms with Crippen LogP contribution in [0.15, 0.2) is 0 Å². The Labute approximate surface area is 195 Å².